The van der Waals surface area contributed by atoms with Crippen LogP contribution in [0.1, 0.15) is 12.0 Å². The van der Waals surface area contributed by atoms with Crippen molar-refractivity contribution in [3.63, 3.8) is 0 Å². The standard InChI is InChI=1S/C12H21N3O3S/c1-18-8-9-19(16,17)15(7-3-5-13)11-12-4-2-6-14-10-12/h2,4,6,10H,3,5,7-9,11,13H2,1H3. The van der Waals surface area contributed by atoms with E-state index in [0.29, 0.717) is 26.1 Å². The van der Waals surface area contributed by atoms with E-state index in [1.54, 1.807) is 18.5 Å². The van der Waals surface area contributed by atoms with Crippen molar-refractivity contribution in [3.05, 3.63) is 30.1 Å². The zero-order valence-electron chi connectivity index (χ0n) is 11.2. The average molecular weight is 287 g/mol. The van der Waals surface area contributed by atoms with E-state index in [4.69, 9.17) is 10.5 Å². The van der Waals surface area contributed by atoms with Gasteiger partial charge in [-0.15, -0.1) is 0 Å². The van der Waals surface area contributed by atoms with Gasteiger partial charge >= 0.3 is 0 Å². The molecule has 7 heteroatoms. The largest absolute Gasteiger partial charge is 0.384 e. The van der Waals surface area contributed by atoms with Crippen LogP contribution in [0.2, 0.25) is 0 Å². The van der Waals surface area contributed by atoms with Crippen LogP contribution >= 0.6 is 0 Å². The Hall–Kier alpha value is -1.02. The first-order chi connectivity index (χ1) is 9.10. The first kappa shape index (κ1) is 16.0. The highest BCUT2D eigenvalue weighted by Gasteiger charge is 2.21. The molecule has 0 bridgehead atoms. The number of ether oxygens (including phenoxy) is 1. The van der Waals surface area contributed by atoms with Gasteiger partial charge in [0.05, 0.1) is 12.4 Å². The number of pyridine rings is 1. The number of hydrogen-bond acceptors (Lipinski definition) is 5. The van der Waals surface area contributed by atoms with Crippen molar-refractivity contribution in [1.29, 1.82) is 0 Å². The topological polar surface area (TPSA) is 85.5 Å². The highest BCUT2D eigenvalue weighted by Crippen LogP contribution is 2.09. The van der Waals surface area contributed by atoms with Gasteiger partial charge in [0.25, 0.3) is 0 Å². The van der Waals surface area contributed by atoms with Gasteiger partial charge in [0.15, 0.2) is 0 Å². The Balaban J connectivity index is 2.76. The van der Waals surface area contributed by atoms with Crippen LogP contribution in [0.15, 0.2) is 24.5 Å². The van der Waals surface area contributed by atoms with E-state index in [1.807, 2.05) is 6.07 Å². The lowest BCUT2D eigenvalue weighted by Gasteiger charge is -2.21. The zero-order valence-corrected chi connectivity index (χ0v) is 12.0. The lowest BCUT2D eigenvalue weighted by molar-refractivity contribution is 0.215. The van der Waals surface area contributed by atoms with Crippen molar-refractivity contribution in [3.8, 4) is 0 Å². The quantitative estimate of drug-likeness (QED) is 0.701. The summed E-state index contributed by atoms with van der Waals surface area (Å²) in [5.41, 5.74) is 6.32. The Labute approximate surface area is 114 Å². The molecule has 0 unspecified atom stereocenters. The summed E-state index contributed by atoms with van der Waals surface area (Å²) in [7, 11) is -1.84. The number of nitrogens with two attached hydrogens (primary N) is 1. The molecule has 0 spiro atoms. The van der Waals surface area contributed by atoms with Gasteiger partial charge in [-0.2, -0.15) is 4.31 Å². The summed E-state index contributed by atoms with van der Waals surface area (Å²) in [6, 6.07) is 3.65. The maximum Gasteiger partial charge on any atom is 0.216 e. The number of sulfonamides is 1. The van der Waals surface area contributed by atoms with Crippen LogP contribution in [-0.2, 0) is 21.3 Å². The lowest BCUT2D eigenvalue weighted by Crippen LogP contribution is -2.35. The van der Waals surface area contributed by atoms with Crippen molar-refractivity contribution in [2.75, 3.05) is 32.6 Å². The molecule has 0 aliphatic carbocycles. The molecule has 0 saturated carbocycles. The van der Waals surface area contributed by atoms with Gasteiger partial charge in [0.2, 0.25) is 10.0 Å². The van der Waals surface area contributed by atoms with Gasteiger partial charge in [-0.1, -0.05) is 6.07 Å². The second kappa shape index (κ2) is 8.21. The molecule has 108 valence electrons. The van der Waals surface area contributed by atoms with Crippen LogP contribution in [0.5, 0.6) is 0 Å². The smallest absolute Gasteiger partial charge is 0.216 e. The summed E-state index contributed by atoms with van der Waals surface area (Å²) in [5.74, 6) is -0.0195. The Morgan fingerprint density at radius 3 is 2.84 bits per heavy atom. The number of rotatable bonds is 9. The van der Waals surface area contributed by atoms with Gasteiger partial charge in [-0.25, -0.2) is 8.42 Å². The molecular weight excluding hydrogens is 266 g/mol. The minimum atomic E-state index is -3.33. The van der Waals surface area contributed by atoms with E-state index in [1.165, 1.54) is 11.4 Å². The summed E-state index contributed by atoms with van der Waals surface area (Å²) < 4.78 is 30.6. The molecule has 0 fully saturated rings. The van der Waals surface area contributed by atoms with E-state index < -0.39 is 10.0 Å². The maximum atomic E-state index is 12.2. The van der Waals surface area contributed by atoms with E-state index in [-0.39, 0.29) is 12.4 Å². The normalized spacial score (nSPS) is 11.9. The first-order valence-corrected chi connectivity index (χ1v) is 7.77. The van der Waals surface area contributed by atoms with E-state index in [9.17, 15) is 8.42 Å². The number of methoxy groups -OCH3 is 1. The van der Waals surface area contributed by atoms with Crippen molar-refractivity contribution in [2.24, 2.45) is 5.73 Å². The lowest BCUT2D eigenvalue weighted by atomic mass is 10.3. The summed E-state index contributed by atoms with van der Waals surface area (Å²) >= 11 is 0. The van der Waals surface area contributed by atoms with Gasteiger partial charge in [-0.3, -0.25) is 4.98 Å². The Morgan fingerprint density at radius 1 is 1.47 bits per heavy atom. The molecule has 1 aromatic heterocycles. The molecule has 0 atom stereocenters. The highest BCUT2D eigenvalue weighted by atomic mass is 32.2. The number of nitrogens with zero attached hydrogens (tertiary/aromatic N) is 2. The minimum Gasteiger partial charge on any atom is -0.384 e. The van der Waals surface area contributed by atoms with Crippen LogP contribution in [0.3, 0.4) is 0 Å². The van der Waals surface area contributed by atoms with E-state index in [0.717, 1.165) is 5.56 Å². The Kier molecular flexibility index (Phi) is 6.93. The summed E-state index contributed by atoms with van der Waals surface area (Å²) in [4.78, 5) is 3.99. The first-order valence-electron chi connectivity index (χ1n) is 6.16. The van der Waals surface area contributed by atoms with Crippen molar-refractivity contribution >= 4 is 10.0 Å². The third-order valence-corrected chi connectivity index (χ3v) is 4.41. The van der Waals surface area contributed by atoms with Crippen LogP contribution < -0.4 is 5.73 Å². The van der Waals surface area contributed by atoms with Gasteiger partial charge in [-0.05, 0) is 24.6 Å². The van der Waals surface area contributed by atoms with Gasteiger partial charge < -0.3 is 10.5 Å². The Bertz CT molecular complexity index is 451. The fraction of sp³-hybridized carbons (Fsp3) is 0.583. The molecule has 1 heterocycles. The molecule has 1 rings (SSSR count). The van der Waals surface area contributed by atoms with E-state index in [2.05, 4.69) is 4.98 Å². The summed E-state index contributed by atoms with van der Waals surface area (Å²) in [6.45, 7) is 1.38. The molecule has 0 aromatic carbocycles. The summed E-state index contributed by atoms with van der Waals surface area (Å²) in [5, 5.41) is 0. The van der Waals surface area contributed by atoms with Crippen molar-refractivity contribution in [1.82, 2.24) is 9.29 Å². The second-order valence-corrected chi connectivity index (χ2v) is 6.23. The third kappa shape index (κ3) is 5.65. The molecule has 2 N–H and O–H groups in total. The zero-order chi connectivity index (χ0) is 14.1. The van der Waals surface area contributed by atoms with Crippen LogP contribution in [0.25, 0.3) is 0 Å². The Morgan fingerprint density at radius 2 is 2.26 bits per heavy atom. The molecule has 0 radical (unpaired) electrons. The van der Waals surface area contributed by atoms with Crippen molar-refractivity contribution < 1.29 is 13.2 Å². The predicted molar refractivity (Wildman–Crippen MR) is 74.0 cm³/mol. The van der Waals surface area contributed by atoms with Gasteiger partial charge in [0.1, 0.15) is 0 Å². The minimum absolute atomic E-state index is 0.0195. The summed E-state index contributed by atoms with van der Waals surface area (Å²) in [6.07, 6.45) is 3.96. The molecule has 1 aromatic rings. The molecule has 0 amide bonds. The van der Waals surface area contributed by atoms with Crippen LogP contribution in [-0.4, -0.2) is 50.3 Å². The molecule has 19 heavy (non-hydrogen) atoms. The maximum absolute atomic E-state index is 12.2. The SMILES string of the molecule is COCCS(=O)(=O)N(CCCN)Cc1cccnc1. The third-order valence-electron chi connectivity index (χ3n) is 2.63. The monoisotopic (exact) mass is 287 g/mol. The predicted octanol–water partition coefficient (Wildman–Crippen LogP) is 0.209. The number of aromatic nitrogens is 1. The van der Waals surface area contributed by atoms with Crippen molar-refractivity contribution in [2.45, 2.75) is 13.0 Å². The van der Waals surface area contributed by atoms with E-state index >= 15 is 0 Å². The fourth-order valence-electron chi connectivity index (χ4n) is 1.60. The van der Waals surface area contributed by atoms with Crippen LogP contribution in [0, 0.1) is 0 Å². The number of hydrogen-bond donors (Lipinski definition) is 1. The molecule has 0 saturated heterocycles. The highest BCUT2D eigenvalue weighted by molar-refractivity contribution is 7.89. The fourth-order valence-corrected chi connectivity index (χ4v) is 2.99. The molecular formula is C12H21N3O3S. The molecule has 6 nitrogen and oxygen atoms in total. The second-order valence-electron chi connectivity index (χ2n) is 4.15. The van der Waals surface area contributed by atoms with Crippen LogP contribution in [0.4, 0.5) is 0 Å². The molecule has 0 aliphatic heterocycles. The van der Waals surface area contributed by atoms with Gasteiger partial charge in [0, 0.05) is 32.6 Å². The average Bonchev–Trinajstić information content (AvgIpc) is 2.42. The molecule has 0 aliphatic rings.